The van der Waals surface area contributed by atoms with Gasteiger partial charge in [0.15, 0.2) is 0 Å². The van der Waals surface area contributed by atoms with E-state index in [4.69, 9.17) is 4.52 Å². The first-order valence-electron chi connectivity index (χ1n) is 11.0. The number of carbonyl (C=O) groups is 2. The lowest BCUT2D eigenvalue weighted by Crippen LogP contribution is -2.35. The number of hydrogen-bond acceptors (Lipinski definition) is 5. The summed E-state index contributed by atoms with van der Waals surface area (Å²) in [6.07, 6.45) is 5.53. The van der Waals surface area contributed by atoms with Crippen molar-refractivity contribution in [3.63, 3.8) is 0 Å². The first-order valence-corrected chi connectivity index (χ1v) is 11.0. The molecule has 162 valence electrons. The Labute approximate surface area is 178 Å². The van der Waals surface area contributed by atoms with E-state index < -0.39 is 0 Å². The average Bonchev–Trinajstić information content (AvgIpc) is 3.05. The lowest BCUT2D eigenvalue weighted by atomic mass is 10.0. The number of nitrogens with one attached hydrogen (secondary N) is 1. The maximum absolute atomic E-state index is 12.2. The molecule has 1 N–H and O–H groups in total. The number of amides is 2. The number of aromatic nitrogens is 2. The summed E-state index contributed by atoms with van der Waals surface area (Å²) >= 11 is 0. The zero-order valence-corrected chi connectivity index (χ0v) is 18.0. The van der Waals surface area contributed by atoms with Gasteiger partial charge in [-0.25, -0.2) is 0 Å². The summed E-state index contributed by atoms with van der Waals surface area (Å²) in [6.45, 7) is 6.35. The van der Waals surface area contributed by atoms with Crippen LogP contribution in [0.25, 0.3) is 11.4 Å². The monoisotopic (exact) mass is 412 g/mol. The minimum Gasteiger partial charge on any atom is -0.356 e. The van der Waals surface area contributed by atoms with Gasteiger partial charge in [-0.15, -0.1) is 0 Å². The van der Waals surface area contributed by atoms with Crippen molar-refractivity contribution in [2.24, 2.45) is 0 Å². The van der Waals surface area contributed by atoms with E-state index in [1.165, 1.54) is 18.4 Å². The van der Waals surface area contributed by atoms with Crippen molar-refractivity contribution in [1.82, 2.24) is 20.4 Å². The van der Waals surface area contributed by atoms with E-state index in [0.29, 0.717) is 37.0 Å². The van der Waals surface area contributed by atoms with Crippen molar-refractivity contribution in [3.05, 3.63) is 35.7 Å². The van der Waals surface area contributed by atoms with Gasteiger partial charge in [0.05, 0.1) is 0 Å². The first kappa shape index (κ1) is 22.0. The molecule has 2 heterocycles. The summed E-state index contributed by atoms with van der Waals surface area (Å²) in [5, 5.41) is 6.83. The van der Waals surface area contributed by atoms with Gasteiger partial charge in [-0.3, -0.25) is 9.59 Å². The summed E-state index contributed by atoms with van der Waals surface area (Å²) in [5.74, 6) is 1.46. The van der Waals surface area contributed by atoms with E-state index in [9.17, 15) is 9.59 Å². The van der Waals surface area contributed by atoms with Crippen LogP contribution < -0.4 is 5.32 Å². The topological polar surface area (TPSA) is 88.3 Å². The molecule has 7 nitrogen and oxygen atoms in total. The minimum atomic E-state index is -0.111. The van der Waals surface area contributed by atoms with Gasteiger partial charge < -0.3 is 14.7 Å². The first-order chi connectivity index (χ1) is 14.5. The fourth-order valence-corrected chi connectivity index (χ4v) is 3.59. The Morgan fingerprint density at radius 3 is 2.43 bits per heavy atom. The number of carbonyl (C=O) groups excluding carboxylic acids is 2. The molecule has 3 rings (SSSR count). The molecule has 2 aromatic rings. The average molecular weight is 413 g/mol. The molecule has 2 amide bonds. The summed E-state index contributed by atoms with van der Waals surface area (Å²) in [5.41, 5.74) is 2.15. The standard InChI is InChI=1S/C23H32N4O3/c1-17(2)18-7-9-19(10-8-18)23-25-21(30-26-23)12-11-20(28)24-14-13-22(29)27-15-5-3-4-6-16-27/h7-10,17H,3-6,11-16H2,1-2H3,(H,24,28). The maximum atomic E-state index is 12.2. The maximum Gasteiger partial charge on any atom is 0.227 e. The molecule has 0 spiro atoms. The van der Waals surface area contributed by atoms with Crippen LogP contribution in [-0.2, 0) is 16.0 Å². The molecule has 1 fully saturated rings. The molecule has 0 saturated carbocycles. The highest BCUT2D eigenvalue weighted by atomic mass is 16.5. The Hall–Kier alpha value is -2.70. The van der Waals surface area contributed by atoms with Crippen LogP contribution in [0.2, 0.25) is 0 Å². The third-order valence-electron chi connectivity index (χ3n) is 5.49. The van der Waals surface area contributed by atoms with Gasteiger partial charge in [0.25, 0.3) is 0 Å². The molecule has 1 saturated heterocycles. The lowest BCUT2D eigenvalue weighted by Gasteiger charge is -2.20. The normalized spacial score (nSPS) is 14.6. The molecule has 1 aliphatic heterocycles. The minimum absolute atomic E-state index is 0.111. The smallest absolute Gasteiger partial charge is 0.227 e. The Kier molecular flexibility index (Phi) is 7.99. The Bertz CT molecular complexity index is 821. The van der Waals surface area contributed by atoms with Crippen molar-refractivity contribution in [2.75, 3.05) is 19.6 Å². The second-order valence-corrected chi connectivity index (χ2v) is 8.18. The van der Waals surface area contributed by atoms with Crippen molar-refractivity contribution < 1.29 is 14.1 Å². The largest absolute Gasteiger partial charge is 0.356 e. The van der Waals surface area contributed by atoms with Gasteiger partial charge in [-0.1, -0.05) is 56.1 Å². The highest BCUT2D eigenvalue weighted by molar-refractivity contribution is 5.79. The molecule has 0 aliphatic carbocycles. The van der Waals surface area contributed by atoms with Gasteiger partial charge in [-0.2, -0.15) is 4.98 Å². The van der Waals surface area contributed by atoms with Crippen LogP contribution in [0, 0.1) is 0 Å². The van der Waals surface area contributed by atoms with E-state index in [1.807, 2.05) is 17.0 Å². The number of aryl methyl sites for hydroxylation is 1. The van der Waals surface area contributed by atoms with Crippen LogP contribution in [0.4, 0.5) is 0 Å². The summed E-state index contributed by atoms with van der Waals surface area (Å²) in [7, 11) is 0. The van der Waals surface area contributed by atoms with Gasteiger partial charge in [0.1, 0.15) is 0 Å². The molecule has 1 aliphatic rings. The highest BCUT2D eigenvalue weighted by Gasteiger charge is 2.16. The predicted molar refractivity (Wildman–Crippen MR) is 115 cm³/mol. The van der Waals surface area contributed by atoms with Crippen LogP contribution in [0.3, 0.4) is 0 Å². The quantitative estimate of drug-likeness (QED) is 0.714. The van der Waals surface area contributed by atoms with Crippen LogP contribution >= 0.6 is 0 Å². The van der Waals surface area contributed by atoms with Crippen LogP contribution in [0.5, 0.6) is 0 Å². The second kappa shape index (κ2) is 10.9. The highest BCUT2D eigenvalue weighted by Crippen LogP contribution is 2.20. The summed E-state index contributed by atoms with van der Waals surface area (Å²) in [4.78, 5) is 30.6. The number of benzene rings is 1. The Balaban J connectivity index is 1.39. The Morgan fingerprint density at radius 2 is 1.77 bits per heavy atom. The van der Waals surface area contributed by atoms with Gasteiger partial charge in [0.2, 0.25) is 23.5 Å². The number of likely N-dealkylation sites (tertiary alicyclic amines) is 1. The molecule has 0 bridgehead atoms. The fraction of sp³-hybridized carbons (Fsp3) is 0.565. The van der Waals surface area contributed by atoms with Gasteiger partial charge in [-0.05, 0) is 24.3 Å². The summed E-state index contributed by atoms with van der Waals surface area (Å²) < 4.78 is 5.28. The van der Waals surface area contributed by atoms with Crippen LogP contribution in [0.15, 0.2) is 28.8 Å². The second-order valence-electron chi connectivity index (χ2n) is 8.18. The molecule has 7 heteroatoms. The third kappa shape index (κ3) is 6.40. The van der Waals surface area contributed by atoms with Crippen molar-refractivity contribution in [3.8, 4) is 11.4 Å². The van der Waals surface area contributed by atoms with Crippen molar-refractivity contribution >= 4 is 11.8 Å². The van der Waals surface area contributed by atoms with Crippen molar-refractivity contribution in [2.45, 2.75) is 64.7 Å². The number of rotatable bonds is 8. The van der Waals surface area contributed by atoms with Crippen LogP contribution in [-0.4, -0.2) is 46.5 Å². The molecular formula is C23H32N4O3. The molecular weight excluding hydrogens is 380 g/mol. The van der Waals surface area contributed by atoms with E-state index in [2.05, 4.69) is 41.4 Å². The van der Waals surface area contributed by atoms with Crippen LogP contribution in [0.1, 0.15) is 69.7 Å². The van der Waals surface area contributed by atoms with E-state index in [-0.39, 0.29) is 18.2 Å². The third-order valence-corrected chi connectivity index (χ3v) is 5.49. The SMILES string of the molecule is CC(C)c1ccc(-c2noc(CCC(=O)NCCC(=O)N3CCCCCC3)n2)cc1. The van der Waals surface area contributed by atoms with Gasteiger partial charge in [0, 0.05) is 44.5 Å². The van der Waals surface area contributed by atoms with Crippen molar-refractivity contribution in [1.29, 1.82) is 0 Å². The zero-order chi connectivity index (χ0) is 21.3. The summed E-state index contributed by atoms with van der Waals surface area (Å²) in [6, 6.07) is 8.10. The molecule has 1 aromatic heterocycles. The molecule has 0 atom stereocenters. The van der Waals surface area contributed by atoms with Gasteiger partial charge >= 0.3 is 0 Å². The lowest BCUT2D eigenvalue weighted by molar-refractivity contribution is -0.131. The van der Waals surface area contributed by atoms with E-state index in [0.717, 1.165) is 31.5 Å². The molecule has 0 unspecified atom stereocenters. The molecule has 1 aromatic carbocycles. The van der Waals surface area contributed by atoms with E-state index in [1.54, 1.807) is 0 Å². The van der Waals surface area contributed by atoms with E-state index >= 15 is 0 Å². The predicted octanol–water partition coefficient (Wildman–Crippen LogP) is 3.70. The number of hydrogen-bond donors (Lipinski definition) is 1. The Morgan fingerprint density at radius 1 is 1.07 bits per heavy atom. The number of nitrogens with zero attached hydrogens (tertiary/aromatic N) is 3. The molecule has 0 radical (unpaired) electrons. The molecule has 30 heavy (non-hydrogen) atoms. The zero-order valence-electron chi connectivity index (χ0n) is 18.0. The fourth-order valence-electron chi connectivity index (χ4n) is 3.59.